The molecule has 0 saturated heterocycles. The molecule has 0 fully saturated rings. The van der Waals surface area contributed by atoms with Crippen LogP contribution in [0.4, 0.5) is 0 Å². The Morgan fingerprint density at radius 3 is 2.75 bits per heavy atom. The molecule has 1 aromatic heterocycles. The maximum atomic E-state index is 11.1. The number of phenols is 1. The van der Waals surface area contributed by atoms with E-state index in [0.29, 0.717) is 15.6 Å². The van der Waals surface area contributed by atoms with Crippen LogP contribution in [-0.2, 0) is 0 Å². The first-order valence-corrected chi connectivity index (χ1v) is 5.30. The quantitative estimate of drug-likeness (QED) is 0.748. The van der Waals surface area contributed by atoms with Gasteiger partial charge in [-0.05, 0) is 17.5 Å². The Morgan fingerprint density at radius 1 is 1.44 bits per heavy atom. The van der Waals surface area contributed by atoms with Crippen molar-refractivity contribution in [2.45, 2.75) is 19.8 Å². The van der Waals surface area contributed by atoms with Gasteiger partial charge >= 0.3 is 5.76 Å². The lowest BCUT2D eigenvalue weighted by Gasteiger charge is -2.08. The summed E-state index contributed by atoms with van der Waals surface area (Å²) in [6, 6.07) is 3.17. The van der Waals surface area contributed by atoms with E-state index in [1.165, 1.54) is 6.07 Å². The summed E-state index contributed by atoms with van der Waals surface area (Å²) in [5.74, 6) is -0.328. The van der Waals surface area contributed by atoms with E-state index in [4.69, 9.17) is 16.6 Å². The molecule has 1 aromatic carbocycles. The number of hydrogen-bond donors (Lipinski definition) is 2. The Labute approximate surface area is 96.5 Å². The Bertz CT molecular complexity index is 654. The Morgan fingerprint density at radius 2 is 2.12 bits per heavy atom. The highest BCUT2D eigenvalue weighted by molar-refractivity contribution is 7.71. The third-order valence-corrected chi connectivity index (χ3v) is 2.74. The van der Waals surface area contributed by atoms with Gasteiger partial charge in [-0.25, -0.2) is 4.79 Å². The van der Waals surface area contributed by atoms with Crippen LogP contribution >= 0.6 is 12.2 Å². The SMILES string of the molecule is CC(C)c1cc2c(=S)[nH]c(=O)oc2cc1O. The molecule has 2 N–H and O–H groups in total. The van der Waals surface area contributed by atoms with E-state index in [1.807, 2.05) is 13.8 Å². The van der Waals surface area contributed by atoms with Gasteiger partial charge in [-0.1, -0.05) is 26.1 Å². The van der Waals surface area contributed by atoms with Gasteiger partial charge in [0.05, 0.1) is 5.39 Å². The zero-order chi connectivity index (χ0) is 11.9. The van der Waals surface area contributed by atoms with Gasteiger partial charge < -0.3 is 9.52 Å². The van der Waals surface area contributed by atoms with Crippen molar-refractivity contribution in [1.29, 1.82) is 0 Å². The topological polar surface area (TPSA) is 66.2 Å². The summed E-state index contributed by atoms with van der Waals surface area (Å²) in [7, 11) is 0. The predicted octanol–water partition coefficient (Wildman–Crippen LogP) is 2.68. The first-order chi connectivity index (χ1) is 7.49. The lowest BCUT2D eigenvalue weighted by molar-refractivity contribution is 0.461. The van der Waals surface area contributed by atoms with Crippen molar-refractivity contribution in [1.82, 2.24) is 4.98 Å². The second-order valence-corrected chi connectivity index (χ2v) is 4.31. The molecule has 0 amide bonds. The van der Waals surface area contributed by atoms with Crippen molar-refractivity contribution < 1.29 is 9.52 Å². The van der Waals surface area contributed by atoms with Gasteiger partial charge in [0.2, 0.25) is 0 Å². The molecule has 16 heavy (non-hydrogen) atoms. The number of aromatic nitrogens is 1. The van der Waals surface area contributed by atoms with Gasteiger partial charge in [-0.3, -0.25) is 4.98 Å². The van der Waals surface area contributed by atoms with Crippen LogP contribution in [0, 0.1) is 4.64 Å². The zero-order valence-corrected chi connectivity index (χ0v) is 9.72. The highest BCUT2D eigenvalue weighted by atomic mass is 32.1. The summed E-state index contributed by atoms with van der Waals surface area (Å²) in [4.78, 5) is 13.5. The summed E-state index contributed by atoms with van der Waals surface area (Å²) in [6.45, 7) is 3.93. The summed E-state index contributed by atoms with van der Waals surface area (Å²) < 4.78 is 5.25. The number of hydrogen-bond acceptors (Lipinski definition) is 4. The van der Waals surface area contributed by atoms with Gasteiger partial charge in [-0.2, -0.15) is 0 Å². The van der Waals surface area contributed by atoms with Crippen molar-refractivity contribution in [3.8, 4) is 5.75 Å². The normalized spacial score (nSPS) is 11.2. The summed E-state index contributed by atoms with van der Waals surface area (Å²) in [6.07, 6.45) is 0. The number of phenolic OH excluding ortho intramolecular Hbond substituents is 1. The van der Waals surface area contributed by atoms with Gasteiger partial charge in [-0.15, -0.1) is 0 Å². The Hall–Kier alpha value is -1.62. The molecule has 84 valence electrons. The van der Waals surface area contributed by atoms with E-state index in [2.05, 4.69) is 4.98 Å². The van der Waals surface area contributed by atoms with Crippen molar-refractivity contribution in [2.24, 2.45) is 0 Å². The van der Waals surface area contributed by atoms with Crippen LogP contribution in [0.5, 0.6) is 5.75 Å². The summed E-state index contributed by atoms with van der Waals surface area (Å²) >= 11 is 5.03. The molecule has 0 aliphatic carbocycles. The number of benzene rings is 1. The molecule has 5 heteroatoms. The maximum Gasteiger partial charge on any atom is 0.417 e. The molecule has 0 aliphatic rings. The molecule has 0 radical (unpaired) electrons. The van der Waals surface area contributed by atoms with Crippen LogP contribution in [0.3, 0.4) is 0 Å². The average Bonchev–Trinajstić information content (AvgIpc) is 2.15. The Balaban J connectivity index is 2.90. The monoisotopic (exact) mass is 237 g/mol. The predicted molar refractivity (Wildman–Crippen MR) is 63.4 cm³/mol. The van der Waals surface area contributed by atoms with Gasteiger partial charge in [0.15, 0.2) is 0 Å². The zero-order valence-electron chi connectivity index (χ0n) is 8.90. The van der Waals surface area contributed by atoms with E-state index in [0.717, 1.165) is 5.56 Å². The van der Waals surface area contributed by atoms with E-state index >= 15 is 0 Å². The molecule has 1 heterocycles. The lowest BCUT2D eigenvalue weighted by atomic mass is 10.0. The number of aromatic hydroxyl groups is 1. The summed E-state index contributed by atoms with van der Waals surface area (Å²) in [5.41, 5.74) is 1.08. The molecule has 4 nitrogen and oxygen atoms in total. The van der Waals surface area contributed by atoms with E-state index in [9.17, 15) is 9.90 Å². The van der Waals surface area contributed by atoms with Gasteiger partial charge in [0.25, 0.3) is 0 Å². The minimum Gasteiger partial charge on any atom is -0.508 e. The molecular formula is C11H11NO3S. The fourth-order valence-electron chi connectivity index (χ4n) is 1.60. The van der Waals surface area contributed by atoms with Crippen LogP contribution < -0.4 is 5.76 Å². The molecular weight excluding hydrogens is 226 g/mol. The minimum atomic E-state index is -0.616. The fraction of sp³-hybridized carbons (Fsp3) is 0.273. The van der Waals surface area contributed by atoms with Crippen molar-refractivity contribution in [2.75, 3.05) is 0 Å². The molecule has 2 rings (SSSR count). The molecule has 2 aromatic rings. The van der Waals surface area contributed by atoms with Gasteiger partial charge in [0, 0.05) is 6.07 Å². The largest absolute Gasteiger partial charge is 0.508 e. The highest BCUT2D eigenvalue weighted by Crippen LogP contribution is 2.29. The summed E-state index contributed by atoms with van der Waals surface area (Å²) in [5, 5.41) is 10.4. The number of aromatic amines is 1. The second-order valence-electron chi connectivity index (χ2n) is 3.91. The lowest BCUT2D eigenvalue weighted by Crippen LogP contribution is -2.03. The molecule has 0 unspecified atom stereocenters. The maximum absolute atomic E-state index is 11.1. The van der Waals surface area contributed by atoms with Crippen LogP contribution in [0.15, 0.2) is 21.3 Å². The third kappa shape index (κ3) is 1.74. The van der Waals surface area contributed by atoms with E-state index in [1.54, 1.807) is 6.07 Å². The number of rotatable bonds is 1. The number of fused-ring (bicyclic) bond motifs is 1. The molecule has 0 aliphatic heterocycles. The molecule has 0 bridgehead atoms. The van der Waals surface area contributed by atoms with Crippen molar-refractivity contribution in [3.63, 3.8) is 0 Å². The highest BCUT2D eigenvalue weighted by Gasteiger charge is 2.10. The second kappa shape index (κ2) is 3.75. The molecule has 0 spiro atoms. The van der Waals surface area contributed by atoms with Crippen molar-refractivity contribution in [3.05, 3.63) is 32.9 Å². The minimum absolute atomic E-state index is 0.117. The first-order valence-electron chi connectivity index (χ1n) is 4.89. The Kier molecular flexibility index (Phi) is 2.55. The number of nitrogens with one attached hydrogen (secondary N) is 1. The van der Waals surface area contributed by atoms with Crippen molar-refractivity contribution >= 4 is 23.2 Å². The number of H-pyrrole nitrogens is 1. The van der Waals surface area contributed by atoms with Crippen LogP contribution in [-0.4, -0.2) is 10.1 Å². The average molecular weight is 237 g/mol. The van der Waals surface area contributed by atoms with E-state index < -0.39 is 5.76 Å². The van der Waals surface area contributed by atoms with Crippen LogP contribution in [0.25, 0.3) is 11.0 Å². The molecule has 0 saturated carbocycles. The fourth-order valence-corrected chi connectivity index (χ4v) is 1.84. The van der Waals surface area contributed by atoms with Crippen LogP contribution in [0.1, 0.15) is 25.3 Å². The van der Waals surface area contributed by atoms with Gasteiger partial charge in [0.1, 0.15) is 16.0 Å². The van der Waals surface area contributed by atoms with Crippen LogP contribution in [0.2, 0.25) is 0 Å². The third-order valence-electron chi connectivity index (χ3n) is 2.41. The standard InChI is InChI=1S/C11H11NO3S/c1-5(2)6-3-7-9(4-8(6)13)15-11(14)12-10(7)16/h3-5,13H,1-2H3,(H,12,14,16). The molecule has 0 atom stereocenters. The van der Waals surface area contributed by atoms with E-state index in [-0.39, 0.29) is 11.7 Å². The smallest absolute Gasteiger partial charge is 0.417 e. The first kappa shape index (κ1) is 10.9.